The molecule has 0 bridgehead atoms. The highest BCUT2D eigenvalue weighted by atomic mass is 16.2. The lowest BCUT2D eigenvalue weighted by molar-refractivity contribution is -0.137. The van der Waals surface area contributed by atoms with Crippen LogP contribution in [0.5, 0.6) is 0 Å². The minimum absolute atomic E-state index is 0.0706. The van der Waals surface area contributed by atoms with Crippen molar-refractivity contribution in [2.75, 3.05) is 33.7 Å². The van der Waals surface area contributed by atoms with E-state index in [1.165, 1.54) is 0 Å². The van der Waals surface area contributed by atoms with Crippen LogP contribution in [-0.2, 0) is 4.79 Å². The van der Waals surface area contributed by atoms with Gasteiger partial charge in [0.2, 0.25) is 5.91 Å². The Labute approximate surface area is 98.8 Å². The second-order valence-electron chi connectivity index (χ2n) is 4.83. The van der Waals surface area contributed by atoms with E-state index in [1.54, 1.807) is 18.7 Å². The van der Waals surface area contributed by atoms with Crippen molar-refractivity contribution >= 4 is 5.91 Å². The van der Waals surface area contributed by atoms with Crippen LogP contribution in [-0.4, -0.2) is 49.4 Å². The summed E-state index contributed by atoms with van der Waals surface area (Å²) in [6.45, 7) is 7.62. The minimum Gasteiger partial charge on any atom is -0.340 e. The van der Waals surface area contributed by atoms with Gasteiger partial charge in [-0.05, 0) is 34.4 Å². The normalized spacial score (nSPS) is 11.3. The molecule has 0 radical (unpaired) electrons. The van der Waals surface area contributed by atoms with Crippen molar-refractivity contribution in [2.24, 2.45) is 5.41 Å². The third-order valence-corrected chi connectivity index (χ3v) is 2.41. The first kappa shape index (κ1) is 14.9. The molecule has 0 fully saturated rings. The maximum Gasteiger partial charge on any atom is 0.242 e. The fraction of sp³-hybridized carbons (Fsp3) is 0.833. The third kappa shape index (κ3) is 4.63. The molecule has 0 aromatic heterocycles. The number of likely N-dealkylation sites (N-methyl/N-ethyl adjacent to an activating group) is 1. The maximum atomic E-state index is 12.1. The number of hydrogen-bond donors (Lipinski definition) is 0. The van der Waals surface area contributed by atoms with E-state index in [4.69, 9.17) is 5.26 Å². The van der Waals surface area contributed by atoms with Crippen LogP contribution in [0.2, 0.25) is 0 Å². The molecule has 0 rings (SSSR count). The lowest BCUT2D eigenvalue weighted by Gasteiger charge is -2.28. The predicted molar refractivity (Wildman–Crippen MR) is 64.8 cm³/mol. The van der Waals surface area contributed by atoms with Gasteiger partial charge in [0.15, 0.2) is 0 Å². The van der Waals surface area contributed by atoms with Gasteiger partial charge in [-0.3, -0.25) is 4.79 Å². The van der Waals surface area contributed by atoms with Crippen LogP contribution in [0.4, 0.5) is 0 Å². The fourth-order valence-electron chi connectivity index (χ4n) is 1.35. The van der Waals surface area contributed by atoms with Gasteiger partial charge in [0.1, 0.15) is 5.41 Å². The Morgan fingerprint density at radius 1 is 1.25 bits per heavy atom. The Morgan fingerprint density at radius 3 is 2.19 bits per heavy atom. The molecule has 0 aromatic carbocycles. The standard InChI is InChI=1S/C12H23N3O/c1-6-7-15(9-8-14(4)5)11(16)12(2,3)10-13/h6-9H2,1-5H3. The molecule has 0 unspecified atom stereocenters. The maximum absolute atomic E-state index is 12.1. The zero-order valence-electron chi connectivity index (χ0n) is 11.1. The fourth-order valence-corrected chi connectivity index (χ4v) is 1.35. The summed E-state index contributed by atoms with van der Waals surface area (Å²) < 4.78 is 0. The van der Waals surface area contributed by atoms with E-state index in [-0.39, 0.29) is 5.91 Å². The molecule has 16 heavy (non-hydrogen) atoms. The molecule has 0 saturated heterocycles. The zero-order valence-corrected chi connectivity index (χ0v) is 11.1. The van der Waals surface area contributed by atoms with Gasteiger partial charge in [0.05, 0.1) is 6.07 Å². The van der Waals surface area contributed by atoms with Gasteiger partial charge in [-0.25, -0.2) is 0 Å². The first-order chi connectivity index (χ1) is 7.35. The molecule has 1 amide bonds. The van der Waals surface area contributed by atoms with Crippen molar-refractivity contribution in [3.63, 3.8) is 0 Å². The summed E-state index contributed by atoms with van der Waals surface area (Å²) >= 11 is 0. The first-order valence-electron chi connectivity index (χ1n) is 5.70. The lowest BCUT2D eigenvalue weighted by atomic mass is 9.93. The molecule has 0 spiro atoms. The van der Waals surface area contributed by atoms with E-state index in [0.717, 1.165) is 19.5 Å². The Morgan fingerprint density at radius 2 is 1.81 bits per heavy atom. The number of rotatable bonds is 6. The molecule has 0 aromatic rings. The summed E-state index contributed by atoms with van der Waals surface area (Å²) in [6.07, 6.45) is 0.917. The number of nitriles is 1. The van der Waals surface area contributed by atoms with E-state index in [0.29, 0.717) is 6.54 Å². The minimum atomic E-state index is -0.915. The quantitative estimate of drug-likeness (QED) is 0.685. The van der Waals surface area contributed by atoms with Crippen molar-refractivity contribution in [3.05, 3.63) is 0 Å². The van der Waals surface area contributed by atoms with E-state index >= 15 is 0 Å². The average molecular weight is 225 g/mol. The SMILES string of the molecule is CCCN(CCN(C)C)C(=O)C(C)(C)C#N. The van der Waals surface area contributed by atoms with E-state index in [1.807, 2.05) is 25.9 Å². The van der Waals surface area contributed by atoms with Gasteiger partial charge >= 0.3 is 0 Å². The van der Waals surface area contributed by atoms with E-state index in [2.05, 4.69) is 6.07 Å². The number of hydrogen-bond acceptors (Lipinski definition) is 3. The summed E-state index contributed by atoms with van der Waals surface area (Å²) in [7, 11) is 3.95. The van der Waals surface area contributed by atoms with Gasteiger partial charge in [0, 0.05) is 19.6 Å². The lowest BCUT2D eigenvalue weighted by Crippen LogP contribution is -2.43. The molecule has 0 aliphatic carbocycles. The average Bonchev–Trinajstić information content (AvgIpc) is 2.22. The Hall–Kier alpha value is -1.08. The molecule has 0 aliphatic rings. The van der Waals surface area contributed by atoms with Crippen molar-refractivity contribution in [3.8, 4) is 6.07 Å². The topological polar surface area (TPSA) is 47.3 Å². The molecule has 92 valence electrons. The number of carbonyl (C=O) groups is 1. The van der Waals surface area contributed by atoms with Crippen LogP contribution < -0.4 is 0 Å². The number of nitrogens with zero attached hydrogens (tertiary/aromatic N) is 3. The summed E-state index contributed by atoms with van der Waals surface area (Å²) in [5.74, 6) is -0.0706. The summed E-state index contributed by atoms with van der Waals surface area (Å²) in [6, 6.07) is 2.06. The Kier molecular flexibility index (Phi) is 6.05. The zero-order chi connectivity index (χ0) is 12.8. The van der Waals surface area contributed by atoms with E-state index < -0.39 is 5.41 Å². The second-order valence-corrected chi connectivity index (χ2v) is 4.83. The molecule has 4 heteroatoms. The van der Waals surface area contributed by atoms with Crippen LogP contribution in [0.15, 0.2) is 0 Å². The molecular formula is C12H23N3O. The number of amides is 1. The van der Waals surface area contributed by atoms with Gasteiger partial charge < -0.3 is 9.80 Å². The number of carbonyl (C=O) groups excluding carboxylic acids is 1. The molecule has 0 atom stereocenters. The highest BCUT2D eigenvalue weighted by Crippen LogP contribution is 2.17. The van der Waals surface area contributed by atoms with Gasteiger partial charge in [-0.1, -0.05) is 6.92 Å². The summed E-state index contributed by atoms with van der Waals surface area (Å²) in [5, 5.41) is 8.95. The molecule has 0 saturated carbocycles. The van der Waals surface area contributed by atoms with Gasteiger partial charge in [-0.2, -0.15) is 5.26 Å². The molecule has 4 nitrogen and oxygen atoms in total. The van der Waals surface area contributed by atoms with Gasteiger partial charge in [0.25, 0.3) is 0 Å². The molecule has 0 aliphatic heterocycles. The molecule has 0 N–H and O–H groups in total. The van der Waals surface area contributed by atoms with Crippen molar-refractivity contribution in [1.82, 2.24) is 9.80 Å². The highest BCUT2D eigenvalue weighted by Gasteiger charge is 2.31. The van der Waals surface area contributed by atoms with Crippen LogP contribution in [0.1, 0.15) is 27.2 Å². The second kappa shape index (κ2) is 6.49. The first-order valence-corrected chi connectivity index (χ1v) is 5.70. The van der Waals surface area contributed by atoms with Crippen LogP contribution in [0.25, 0.3) is 0 Å². The predicted octanol–water partition coefficient (Wildman–Crippen LogP) is 1.34. The monoisotopic (exact) mass is 225 g/mol. The largest absolute Gasteiger partial charge is 0.340 e. The highest BCUT2D eigenvalue weighted by molar-refractivity contribution is 5.84. The van der Waals surface area contributed by atoms with Crippen molar-refractivity contribution in [2.45, 2.75) is 27.2 Å². The summed E-state index contributed by atoms with van der Waals surface area (Å²) in [4.78, 5) is 15.9. The van der Waals surface area contributed by atoms with E-state index in [9.17, 15) is 4.79 Å². The Bertz CT molecular complexity index is 266. The van der Waals surface area contributed by atoms with Crippen LogP contribution in [0.3, 0.4) is 0 Å². The van der Waals surface area contributed by atoms with Crippen LogP contribution >= 0.6 is 0 Å². The van der Waals surface area contributed by atoms with Crippen molar-refractivity contribution < 1.29 is 4.79 Å². The molecular weight excluding hydrogens is 202 g/mol. The smallest absolute Gasteiger partial charge is 0.242 e. The molecule has 0 heterocycles. The third-order valence-electron chi connectivity index (χ3n) is 2.41. The van der Waals surface area contributed by atoms with Gasteiger partial charge in [-0.15, -0.1) is 0 Å². The van der Waals surface area contributed by atoms with Crippen LogP contribution in [0, 0.1) is 16.7 Å². The Balaban J connectivity index is 4.54. The summed E-state index contributed by atoms with van der Waals surface area (Å²) in [5.41, 5.74) is -0.915. The van der Waals surface area contributed by atoms with Crippen molar-refractivity contribution in [1.29, 1.82) is 5.26 Å².